The van der Waals surface area contributed by atoms with Crippen molar-refractivity contribution in [1.82, 2.24) is 10.6 Å². The van der Waals surface area contributed by atoms with E-state index in [1.165, 1.54) is 0 Å². The second-order valence-corrected chi connectivity index (χ2v) is 6.08. The van der Waals surface area contributed by atoms with Crippen LogP contribution in [-0.2, 0) is 14.3 Å². The lowest BCUT2D eigenvalue weighted by molar-refractivity contribution is -0.123. The standard InChI is InChI=1S/C13H21ClN2O4/c1-13(2,3)20-12(19)16-9(10(17)7-14)6-8-4-5-15-11(8)18/h8-9H,4-7H2,1-3H3,(H,15,18)(H,16,19)/t8-,9-/m0/s1. The molecule has 0 aromatic rings. The van der Waals surface area contributed by atoms with Gasteiger partial charge in [-0.05, 0) is 33.6 Å². The van der Waals surface area contributed by atoms with Gasteiger partial charge in [0.05, 0.1) is 11.9 Å². The normalized spacial score (nSPS) is 20.2. The van der Waals surface area contributed by atoms with Gasteiger partial charge in [0.15, 0.2) is 5.78 Å². The van der Waals surface area contributed by atoms with Crippen molar-refractivity contribution < 1.29 is 19.1 Å². The number of hydrogen-bond acceptors (Lipinski definition) is 4. The number of carbonyl (C=O) groups is 3. The third-order valence-corrected chi connectivity index (χ3v) is 3.16. The Kier molecular flexibility index (Phi) is 5.80. The summed E-state index contributed by atoms with van der Waals surface area (Å²) in [5.41, 5.74) is -0.649. The molecule has 114 valence electrons. The fourth-order valence-electron chi connectivity index (χ4n) is 1.97. The smallest absolute Gasteiger partial charge is 0.408 e. The van der Waals surface area contributed by atoms with Crippen molar-refractivity contribution in [1.29, 1.82) is 0 Å². The molecular weight excluding hydrogens is 284 g/mol. The third-order valence-electron chi connectivity index (χ3n) is 2.89. The zero-order chi connectivity index (χ0) is 15.3. The highest BCUT2D eigenvalue weighted by Gasteiger charge is 2.31. The number of rotatable bonds is 5. The predicted octanol–water partition coefficient (Wildman–Crippen LogP) is 1.21. The third kappa shape index (κ3) is 5.36. The second-order valence-electron chi connectivity index (χ2n) is 5.81. The molecule has 6 nitrogen and oxygen atoms in total. The molecule has 0 saturated carbocycles. The summed E-state index contributed by atoms with van der Waals surface area (Å²) in [6.45, 7) is 5.79. The highest BCUT2D eigenvalue weighted by atomic mass is 35.5. The summed E-state index contributed by atoms with van der Waals surface area (Å²) in [4.78, 5) is 35.0. The molecule has 1 saturated heterocycles. The van der Waals surface area contributed by atoms with E-state index in [0.717, 1.165) is 0 Å². The minimum atomic E-state index is -0.795. The summed E-state index contributed by atoms with van der Waals surface area (Å²) in [5, 5.41) is 5.19. The van der Waals surface area contributed by atoms with Gasteiger partial charge in [0, 0.05) is 12.5 Å². The van der Waals surface area contributed by atoms with E-state index in [-0.39, 0.29) is 29.9 Å². The first-order valence-corrected chi connectivity index (χ1v) is 7.12. The molecule has 0 spiro atoms. The summed E-state index contributed by atoms with van der Waals surface area (Å²) in [6.07, 6.45) is 0.219. The summed E-state index contributed by atoms with van der Waals surface area (Å²) < 4.78 is 5.11. The van der Waals surface area contributed by atoms with Gasteiger partial charge in [-0.3, -0.25) is 9.59 Å². The Balaban J connectivity index is 2.62. The summed E-state index contributed by atoms with van der Waals surface area (Å²) in [6, 6.07) is -0.795. The molecule has 2 amide bonds. The molecule has 7 heteroatoms. The zero-order valence-electron chi connectivity index (χ0n) is 12.0. The van der Waals surface area contributed by atoms with Crippen LogP contribution >= 0.6 is 11.6 Å². The van der Waals surface area contributed by atoms with Crippen LogP contribution in [0.2, 0.25) is 0 Å². The number of halogens is 1. The molecule has 1 fully saturated rings. The Bertz CT molecular complexity index is 392. The molecule has 1 heterocycles. The topological polar surface area (TPSA) is 84.5 Å². The number of ether oxygens (including phenoxy) is 1. The Labute approximate surface area is 123 Å². The van der Waals surface area contributed by atoms with Crippen LogP contribution in [0.4, 0.5) is 4.79 Å². The van der Waals surface area contributed by atoms with Gasteiger partial charge in [-0.1, -0.05) is 0 Å². The SMILES string of the molecule is CC(C)(C)OC(=O)N[C@@H](C[C@@H]1CCNC1=O)C(=O)CCl. The number of nitrogens with one attached hydrogen (secondary N) is 2. The number of alkyl carbamates (subject to hydrolysis) is 1. The van der Waals surface area contributed by atoms with Gasteiger partial charge in [-0.2, -0.15) is 0 Å². The molecule has 0 unspecified atom stereocenters. The molecule has 0 aliphatic carbocycles. The number of alkyl halides is 1. The number of carbonyl (C=O) groups excluding carboxylic acids is 3. The molecule has 1 rings (SSSR count). The van der Waals surface area contributed by atoms with Crippen LogP contribution < -0.4 is 10.6 Å². The van der Waals surface area contributed by atoms with Crippen molar-refractivity contribution in [2.75, 3.05) is 12.4 Å². The maximum Gasteiger partial charge on any atom is 0.408 e. The van der Waals surface area contributed by atoms with Crippen LogP contribution in [0.25, 0.3) is 0 Å². The quantitative estimate of drug-likeness (QED) is 0.748. The van der Waals surface area contributed by atoms with Gasteiger partial charge < -0.3 is 15.4 Å². The monoisotopic (exact) mass is 304 g/mol. The number of ketones is 1. The van der Waals surface area contributed by atoms with E-state index in [1.807, 2.05) is 0 Å². The molecular formula is C13H21ClN2O4. The van der Waals surface area contributed by atoms with Gasteiger partial charge in [-0.25, -0.2) is 4.79 Å². The van der Waals surface area contributed by atoms with Crippen molar-refractivity contribution in [3.8, 4) is 0 Å². The molecule has 0 aromatic carbocycles. The summed E-state index contributed by atoms with van der Waals surface area (Å²) in [7, 11) is 0. The van der Waals surface area contributed by atoms with Crippen molar-refractivity contribution in [2.45, 2.75) is 45.3 Å². The van der Waals surface area contributed by atoms with E-state index < -0.39 is 17.7 Å². The van der Waals surface area contributed by atoms with Crippen LogP contribution in [0.5, 0.6) is 0 Å². The molecule has 1 aliphatic rings. The van der Waals surface area contributed by atoms with Crippen LogP contribution in [-0.4, -0.2) is 41.9 Å². The Hall–Kier alpha value is -1.30. The lowest BCUT2D eigenvalue weighted by Crippen LogP contribution is -2.45. The Morgan fingerprint density at radius 2 is 2.15 bits per heavy atom. The van der Waals surface area contributed by atoms with Gasteiger partial charge in [0.25, 0.3) is 0 Å². The molecule has 0 bridgehead atoms. The van der Waals surface area contributed by atoms with Crippen LogP contribution in [0.15, 0.2) is 0 Å². The highest BCUT2D eigenvalue weighted by molar-refractivity contribution is 6.28. The van der Waals surface area contributed by atoms with E-state index in [2.05, 4.69) is 10.6 Å². The molecule has 0 radical (unpaired) electrons. The summed E-state index contributed by atoms with van der Waals surface area (Å²) >= 11 is 5.54. The molecule has 2 N–H and O–H groups in total. The number of amides is 2. The van der Waals surface area contributed by atoms with Crippen LogP contribution in [0, 0.1) is 5.92 Å². The van der Waals surface area contributed by atoms with Gasteiger partial charge in [0.1, 0.15) is 5.60 Å². The molecule has 0 aromatic heterocycles. The molecule has 1 aliphatic heterocycles. The second kappa shape index (κ2) is 6.92. The van der Waals surface area contributed by atoms with E-state index in [1.54, 1.807) is 20.8 Å². The fourth-order valence-corrected chi connectivity index (χ4v) is 2.15. The maximum absolute atomic E-state index is 11.8. The van der Waals surface area contributed by atoms with E-state index in [9.17, 15) is 14.4 Å². The summed E-state index contributed by atoms with van der Waals surface area (Å²) in [5.74, 6) is -0.905. The molecule has 2 atom stereocenters. The van der Waals surface area contributed by atoms with E-state index >= 15 is 0 Å². The number of hydrogen-bond donors (Lipinski definition) is 2. The number of Topliss-reactive ketones (excluding diaryl/α,β-unsaturated/α-hetero) is 1. The van der Waals surface area contributed by atoms with E-state index in [0.29, 0.717) is 13.0 Å². The Morgan fingerprint density at radius 3 is 2.60 bits per heavy atom. The van der Waals surface area contributed by atoms with Gasteiger partial charge in [-0.15, -0.1) is 11.6 Å². The fraction of sp³-hybridized carbons (Fsp3) is 0.769. The van der Waals surface area contributed by atoms with Crippen LogP contribution in [0.3, 0.4) is 0 Å². The van der Waals surface area contributed by atoms with Crippen molar-refractivity contribution >= 4 is 29.4 Å². The van der Waals surface area contributed by atoms with Crippen molar-refractivity contribution in [2.24, 2.45) is 5.92 Å². The lowest BCUT2D eigenvalue weighted by Gasteiger charge is -2.23. The van der Waals surface area contributed by atoms with Gasteiger partial charge in [0.2, 0.25) is 5.91 Å². The van der Waals surface area contributed by atoms with Crippen molar-refractivity contribution in [3.05, 3.63) is 0 Å². The van der Waals surface area contributed by atoms with E-state index in [4.69, 9.17) is 16.3 Å². The lowest BCUT2D eigenvalue weighted by atomic mass is 9.96. The first-order chi connectivity index (χ1) is 9.23. The molecule has 20 heavy (non-hydrogen) atoms. The predicted molar refractivity (Wildman–Crippen MR) is 74.6 cm³/mol. The minimum Gasteiger partial charge on any atom is -0.444 e. The maximum atomic E-state index is 11.8. The highest BCUT2D eigenvalue weighted by Crippen LogP contribution is 2.17. The average molecular weight is 305 g/mol. The first kappa shape index (κ1) is 16.8. The zero-order valence-corrected chi connectivity index (χ0v) is 12.8. The Morgan fingerprint density at radius 1 is 1.50 bits per heavy atom. The van der Waals surface area contributed by atoms with Crippen molar-refractivity contribution in [3.63, 3.8) is 0 Å². The minimum absolute atomic E-state index is 0.0941. The van der Waals surface area contributed by atoms with Gasteiger partial charge >= 0.3 is 6.09 Å². The largest absolute Gasteiger partial charge is 0.444 e. The average Bonchev–Trinajstić information content (AvgIpc) is 2.70. The van der Waals surface area contributed by atoms with Crippen LogP contribution in [0.1, 0.15) is 33.6 Å². The first-order valence-electron chi connectivity index (χ1n) is 6.59.